The number of aromatic nitrogens is 4. The van der Waals surface area contributed by atoms with Crippen LogP contribution in [0.2, 0.25) is 10.0 Å². The van der Waals surface area contributed by atoms with Gasteiger partial charge in [-0.1, -0.05) is 23.2 Å². The molecule has 0 amide bonds. The predicted molar refractivity (Wildman–Crippen MR) is 74.7 cm³/mol. The van der Waals surface area contributed by atoms with E-state index in [9.17, 15) is 4.79 Å². The van der Waals surface area contributed by atoms with E-state index in [0.29, 0.717) is 32.6 Å². The maximum atomic E-state index is 11.4. The summed E-state index contributed by atoms with van der Waals surface area (Å²) < 4.78 is 1.47. The van der Waals surface area contributed by atoms with E-state index in [-0.39, 0.29) is 5.69 Å². The lowest BCUT2D eigenvalue weighted by Crippen LogP contribution is -2.16. The molecule has 19 heavy (non-hydrogen) atoms. The van der Waals surface area contributed by atoms with Crippen molar-refractivity contribution < 1.29 is 0 Å². The number of aromatic amines is 1. The number of H-pyrrole nitrogens is 1. The van der Waals surface area contributed by atoms with Gasteiger partial charge in [0, 0.05) is 6.54 Å². The van der Waals surface area contributed by atoms with E-state index in [0.717, 1.165) is 11.8 Å². The number of hydrogen-bond acceptors (Lipinski definition) is 6. The Bertz CT molecular complexity index is 655. The van der Waals surface area contributed by atoms with Crippen molar-refractivity contribution in [3.63, 3.8) is 0 Å². The SMILES string of the molecule is CCn1c(Sc2nc(NN)c(Cl)cc2Cl)n[nH]c1=O. The van der Waals surface area contributed by atoms with Crippen molar-refractivity contribution in [1.82, 2.24) is 19.7 Å². The minimum absolute atomic E-state index is 0.285. The molecule has 2 aromatic heterocycles. The molecule has 2 heterocycles. The van der Waals surface area contributed by atoms with Gasteiger partial charge in [0.1, 0.15) is 5.03 Å². The molecule has 2 aromatic rings. The predicted octanol–water partition coefficient (Wildman–Crippen LogP) is 1.73. The lowest BCUT2D eigenvalue weighted by atomic mass is 10.4. The van der Waals surface area contributed by atoms with Crippen LogP contribution in [0.25, 0.3) is 0 Å². The Kier molecular flexibility index (Phi) is 4.35. The van der Waals surface area contributed by atoms with Gasteiger partial charge in [-0.3, -0.25) is 4.57 Å². The monoisotopic (exact) mass is 320 g/mol. The van der Waals surface area contributed by atoms with Crippen LogP contribution in [-0.2, 0) is 6.54 Å². The standard InChI is InChI=1S/C9H10Cl2N6OS/c1-2-17-8(18)15-16-9(17)19-7-5(11)3-4(10)6(13-7)14-12/h3H,2,12H2,1H3,(H,13,14)(H,15,18). The summed E-state index contributed by atoms with van der Waals surface area (Å²) in [6.45, 7) is 2.33. The van der Waals surface area contributed by atoms with Gasteiger partial charge >= 0.3 is 5.69 Å². The Labute approximate surface area is 122 Å². The largest absolute Gasteiger partial charge is 0.343 e. The van der Waals surface area contributed by atoms with Crippen molar-refractivity contribution in [2.45, 2.75) is 23.7 Å². The zero-order chi connectivity index (χ0) is 14.0. The molecule has 0 aliphatic rings. The molecule has 0 atom stereocenters. The fourth-order valence-electron chi connectivity index (χ4n) is 1.37. The molecule has 7 nitrogen and oxygen atoms in total. The Morgan fingerprint density at radius 2 is 2.26 bits per heavy atom. The summed E-state index contributed by atoms with van der Waals surface area (Å²) >= 11 is 13.1. The van der Waals surface area contributed by atoms with Crippen LogP contribution in [0.3, 0.4) is 0 Å². The molecule has 0 aromatic carbocycles. The smallest absolute Gasteiger partial charge is 0.307 e. The molecule has 0 saturated heterocycles. The summed E-state index contributed by atoms with van der Waals surface area (Å²) in [5.41, 5.74) is 2.09. The van der Waals surface area contributed by atoms with Crippen LogP contribution >= 0.6 is 35.0 Å². The number of hydrazine groups is 1. The number of hydrogen-bond donors (Lipinski definition) is 3. The molecular weight excluding hydrogens is 311 g/mol. The first-order valence-corrected chi connectivity index (χ1v) is 6.79. The molecule has 0 bridgehead atoms. The number of nitrogens with two attached hydrogens (primary N) is 1. The van der Waals surface area contributed by atoms with Crippen molar-refractivity contribution in [3.05, 3.63) is 26.6 Å². The first kappa shape index (κ1) is 14.2. The average molecular weight is 321 g/mol. The zero-order valence-corrected chi connectivity index (χ0v) is 12.1. The van der Waals surface area contributed by atoms with Crippen molar-refractivity contribution >= 4 is 40.8 Å². The summed E-state index contributed by atoms with van der Waals surface area (Å²) in [5.74, 6) is 5.60. The summed E-state index contributed by atoms with van der Waals surface area (Å²) in [7, 11) is 0. The van der Waals surface area contributed by atoms with Crippen molar-refractivity contribution in [3.8, 4) is 0 Å². The summed E-state index contributed by atoms with van der Waals surface area (Å²) in [6, 6.07) is 1.52. The molecule has 4 N–H and O–H groups in total. The Balaban J connectivity index is 2.40. The number of halogens is 2. The highest BCUT2D eigenvalue weighted by molar-refractivity contribution is 7.99. The minimum atomic E-state index is -0.285. The van der Waals surface area contributed by atoms with Gasteiger partial charge < -0.3 is 5.43 Å². The summed E-state index contributed by atoms with van der Waals surface area (Å²) in [5, 5.41) is 7.86. The number of nitrogens with one attached hydrogen (secondary N) is 2. The van der Waals surface area contributed by atoms with Crippen molar-refractivity contribution in [2.24, 2.45) is 5.84 Å². The second-order valence-corrected chi connectivity index (χ2v) is 5.18. The lowest BCUT2D eigenvalue weighted by Gasteiger charge is -2.07. The normalized spacial score (nSPS) is 10.7. The first-order valence-electron chi connectivity index (χ1n) is 5.22. The van der Waals surface area contributed by atoms with Crippen LogP contribution in [0, 0.1) is 0 Å². The van der Waals surface area contributed by atoms with Crippen LogP contribution in [0.1, 0.15) is 6.92 Å². The van der Waals surface area contributed by atoms with Gasteiger partial charge in [0.2, 0.25) is 0 Å². The zero-order valence-electron chi connectivity index (χ0n) is 9.78. The number of nitrogens with zero attached hydrogens (tertiary/aromatic N) is 3. The highest BCUT2D eigenvalue weighted by atomic mass is 35.5. The highest BCUT2D eigenvalue weighted by Gasteiger charge is 2.14. The van der Waals surface area contributed by atoms with Gasteiger partial charge in [-0.2, -0.15) is 0 Å². The van der Waals surface area contributed by atoms with Crippen LogP contribution in [0.15, 0.2) is 21.0 Å². The fraction of sp³-hybridized carbons (Fsp3) is 0.222. The van der Waals surface area contributed by atoms with Gasteiger partial charge in [0.25, 0.3) is 0 Å². The molecule has 102 valence electrons. The molecular formula is C9H10Cl2N6OS. The van der Waals surface area contributed by atoms with E-state index in [2.05, 4.69) is 20.6 Å². The summed E-state index contributed by atoms with van der Waals surface area (Å²) in [6.07, 6.45) is 0. The Morgan fingerprint density at radius 1 is 1.53 bits per heavy atom. The summed E-state index contributed by atoms with van der Waals surface area (Å²) in [4.78, 5) is 15.6. The molecule has 0 unspecified atom stereocenters. The molecule has 0 aliphatic carbocycles. The second-order valence-electron chi connectivity index (χ2n) is 3.41. The van der Waals surface area contributed by atoms with E-state index in [1.165, 1.54) is 10.6 Å². The first-order chi connectivity index (χ1) is 9.06. The molecule has 2 rings (SSSR count). The fourth-order valence-corrected chi connectivity index (χ4v) is 2.78. The second kappa shape index (κ2) is 5.83. The quantitative estimate of drug-likeness (QED) is 0.585. The highest BCUT2D eigenvalue weighted by Crippen LogP contribution is 2.34. The Morgan fingerprint density at radius 3 is 2.89 bits per heavy atom. The molecule has 0 aliphatic heterocycles. The van der Waals surface area contributed by atoms with E-state index in [4.69, 9.17) is 29.0 Å². The topological polar surface area (TPSA) is 102 Å². The third-order valence-corrected chi connectivity index (χ3v) is 3.95. The van der Waals surface area contributed by atoms with Gasteiger partial charge in [0.15, 0.2) is 11.0 Å². The maximum Gasteiger partial charge on any atom is 0.343 e. The minimum Gasteiger partial charge on any atom is -0.307 e. The van der Waals surface area contributed by atoms with E-state index >= 15 is 0 Å². The van der Waals surface area contributed by atoms with Gasteiger partial charge in [0.05, 0.1) is 10.0 Å². The number of anilines is 1. The van der Waals surface area contributed by atoms with E-state index in [1.807, 2.05) is 6.92 Å². The van der Waals surface area contributed by atoms with Crippen LogP contribution in [0.5, 0.6) is 0 Å². The third kappa shape index (κ3) is 2.86. The molecule has 0 saturated carbocycles. The maximum absolute atomic E-state index is 11.4. The number of pyridine rings is 1. The molecule has 10 heteroatoms. The van der Waals surface area contributed by atoms with Crippen molar-refractivity contribution in [2.75, 3.05) is 5.43 Å². The van der Waals surface area contributed by atoms with E-state index < -0.39 is 0 Å². The van der Waals surface area contributed by atoms with Crippen molar-refractivity contribution in [1.29, 1.82) is 0 Å². The van der Waals surface area contributed by atoms with Gasteiger partial charge in [-0.05, 0) is 24.8 Å². The van der Waals surface area contributed by atoms with Crippen LogP contribution in [0.4, 0.5) is 5.82 Å². The molecule has 0 radical (unpaired) electrons. The lowest BCUT2D eigenvalue weighted by molar-refractivity contribution is 0.660. The van der Waals surface area contributed by atoms with E-state index in [1.54, 1.807) is 0 Å². The van der Waals surface area contributed by atoms with Crippen LogP contribution < -0.4 is 17.0 Å². The number of nitrogen functional groups attached to an aromatic ring is 1. The number of rotatable bonds is 4. The third-order valence-electron chi connectivity index (χ3n) is 2.26. The van der Waals surface area contributed by atoms with Crippen LogP contribution in [-0.4, -0.2) is 19.7 Å². The molecule has 0 fully saturated rings. The van der Waals surface area contributed by atoms with Gasteiger partial charge in [-0.25, -0.2) is 20.7 Å². The average Bonchev–Trinajstić information content (AvgIpc) is 2.73. The molecule has 0 spiro atoms. The Hall–Kier alpha value is -1.22. The van der Waals surface area contributed by atoms with Gasteiger partial charge in [-0.15, -0.1) is 5.10 Å².